The summed E-state index contributed by atoms with van der Waals surface area (Å²) in [4.78, 5) is 54.4. The van der Waals surface area contributed by atoms with Crippen LogP contribution in [0, 0.1) is 0 Å². The van der Waals surface area contributed by atoms with Crippen molar-refractivity contribution in [3.05, 3.63) is 69.2 Å². The van der Waals surface area contributed by atoms with E-state index in [1.165, 1.54) is 9.80 Å². The number of hydrogen-bond acceptors (Lipinski definition) is 4. The van der Waals surface area contributed by atoms with E-state index in [4.69, 9.17) is 23.2 Å². The highest BCUT2D eigenvalue weighted by Crippen LogP contribution is 2.25. The van der Waals surface area contributed by atoms with Crippen LogP contribution in [0.5, 0.6) is 0 Å². The average molecular weight is 532 g/mol. The topological polar surface area (TPSA) is 86.8 Å². The minimum absolute atomic E-state index is 0.0311. The maximum absolute atomic E-state index is 13.4. The van der Waals surface area contributed by atoms with E-state index in [0.29, 0.717) is 33.2 Å². The van der Waals surface area contributed by atoms with Crippen molar-refractivity contribution in [2.75, 3.05) is 6.54 Å². The molecule has 3 rings (SSSR count). The Bertz CT molecular complexity index is 1120. The number of carbonyl (C=O) groups is 4. The number of nitrogens with one attached hydrogen (secondary N) is 1. The van der Waals surface area contributed by atoms with Crippen molar-refractivity contribution in [1.82, 2.24) is 15.1 Å². The molecular formula is C27H31Cl2N3O4. The first-order valence-corrected chi connectivity index (χ1v) is 12.9. The number of benzene rings is 2. The molecule has 0 fully saturated rings. The van der Waals surface area contributed by atoms with Gasteiger partial charge in [0, 0.05) is 35.6 Å². The lowest BCUT2D eigenvalue weighted by Crippen LogP contribution is -2.50. The normalized spacial score (nSPS) is 14.4. The Kier molecular flexibility index (Phi) is 9.51. The number of halogens is 2. The summed E-state index contributed by atoms with van der Waals surface area (Å²) in [5.41, 5.74) is 1.42. The lowest BCUT2D eigenvalue weighted by Gasteiger charge is -2.32. The molecule has 0 saturated heterocycles. The van der Waals surface area contributed by atoms with Gasteiger partial charge in [-0.25, -0.2) is 0 Å². The van der Waals surface area contributed by atoms with Crippen LogP contribution in [-0.2, 0) is 16.1 Å². The van der Waals surface area contributed by atoms with Crippen LogP contribution in [-0.4, -0.2) is 52.1 Å². The molecule has 1 heterocycles. The summed E-state index contributed by atoms with van der Waals surface area (Å²) in [6.45, 7) is 5.98. The highest BCUT2D eigenvalue weighted by molar-refractivity contribution is 6.35. The second-order valence-corrected chi connectivity index (χ2v) is 9.75. The van der Waals surface area contributed by atoms with Crippen LogP contribution in [0.3, 0.4) is 0 Å². The molecule has 1 aliphatic rings. The van der Waals surface area contributed by atoms with Gasteiger partial charge in [0.25, 0.3) is 11.8 Å². The van der Waals surface area contributed by atoms with Gasteiger partial charge in [-0.05, 0) is 56.0 Å². The van der Waals surface area contributed by atoms with Gasteiger partial charge in [-0.2, -0.15) is 0 Å². The number of fused-ring (bicyclic) bond motifs is 1. The number of imide groups is 1. The van der Waals surface area contributed by atoms with Gasteiger partial charge in [-0.15, -0.1) is 0 Å². The monoisotopic (exact) mass is 531 g/mol. The zero-order valence-electron chi connectivity index (χ0n) is 20.7. The molecule has 2 aromatic carbocycles. The van der Waals surface area contributed by atoms with Crippen LogP contribution in [0.15, 0.2) is 42.5 Å². The van der Waals surface area contributed by atoms with Crippen LogP contribution in [0.4, 0.5) is 0 Å². The molecule has 0 aromatic heterocycles. The summed E-state index contributed by atoms with van der Waals surface area (Å²) in [7, 11) is 0. The fourth-order valence-corrected chi connectivity index (χ4v) is 4.64. The summed E-state index contributed by atoms with van der Waals surface area (Å²) < 4.78 is 0. The largest absolute Gasteiger partial charge is 0.352 e. The summed E-state index contributed by atoms with van der Waals surface area (Å²) >= 11 is 12.4. The number of nitrogens with zero attached hydrogens (tertiary/aromatic N) is 2. The number of hydrogen-bond donors (Lipinski definition) is 1. The Morgan fingerprint density at radius 3 is 2.19 bits per heavy atom. The minimum atomic E-state index is -0.697. The highest BCUT2D eigenvalue weighted by atomic mass is 35.5. The van der Waals surface area contributed by atoms with E-state index in [1.807, 2.05) is 20.8 Å². The predicted octanol–water partition coefficient (Wildman–Crippen LogP) is 5.09. The van der Waals surface area contributed by atoms with Gasteiger partial charge in [0.15, 0.2) is 0 Å². The van der Waals surface area contributed by atoms with Gasteiger partial charge in [0.1, 0.15) is 6.04 Å². The summed E-state index contributed by atoms with van der Waals surface area (Å²) in [5.74, 6) is -1.20. The van der Waals surface area contributed by atoms with E-state index >= 15 is 0 Å². The molecule has 9 heteroatoms. The maximum Gasteiger partial charge on any atom is 0.261 e. The molecule has 36 heavy (non-hydrogen) atoms. The molecule has 2 atom stereocenters. The van der Waals surface area contributed by atoms with E-state index in [-0.39, 0.29) is 55.6 Å². The Morgan fingerprint density at radius 1 is 1.00 bits per heavy atom. The molecule has 0 saturated carbocycles. The molecule has 0 aliphatic carbocycles. The van der Waals surface area contributed by atoms with Crippen molar-refractivity contribution in [3.63, 3.8) is 0 Å². The highest BCUT2D eigenvalue weighted by Gasteiger charge is 2.35. The van der Waals surface area contributed by atoms with Crippen LogP contribution < -0.4 is 5.32 Å². The van der Waals surface area contributed by atoms with Crippen molar-refractivity contribution in [2.45, 2.75) is 65.1 Å². The quantitative estimate of drug-likeness (QED) is 0.409. The molecule has 0 unspecified atom stereocenters. The second-order valence-electron chi connectivity index (χ2n) is 8.91. The SMILES string of the molecule is CC[C@@H](C)NC(=O)[C@H](CC)N(Cc1ccc(Cl)cc1Cl)C(=O)CCCN1C(=O)c2ccccc2C1=O. The standard InChI is InChI=1S/C27H31Cl2N3O4/c1-4-17(3)30-25(34)23(5-2)32(16-18-12-13-19(28)15-22(18)29)24(33)11-8-14-31-26(35)20-9-6-7-10-21(20)27(31)36/h6-7,9-10,12-13,15,17,23H,4-5,8,11,14,16H2,1-3H3,(H,30,34)/t17-,23+/m1/s1. The molecule has 7 nitrogen and oxygen atoms in total. The Morgan fingerprint density at radius 2 is 1.64 bits per heavy atom. The molecule has 4 amide bonds. The number of amides is 4. The van der Waals surface area contributed by atoms with E-state index in [0.717, 1.165) is 6.42 Å². The molecular weight excluding hydrogens is 501 g/mol. The van der Waals surface area contributed by atoms with Gasteiger partial charge >= 0.3 is 0 Å². The first kappa shape index (κ1) is 27.7. The van der Waals surface area contributed by atoms with E-state index in [1.54, 1.807) is 42.5 Å². The van der Waals surface area contributed by atoms with Crippen molar-refractivity contribution in [3.8, 4) is 0 Å². The van der Waals surface area contributed by atoms with Gasteiger partial charge in [0.2, 0.25) is 11.8 Å². The maximum atomic E-state index is 13.4. The van der Waals surface area contributed by atoms with Crippen molar-refractivity contribution < 1.29 is 19.2 Å². The zero-order valence-corrected chi connectivity index (χ0v) is 22.2. The van der Waals surface area contributed by atoms with Gasteiger partial charge < -0.3 is 10.2 Å². The Balaban J connectivity index is 1.74. The van der Waals surface area contributed by atoms with E-state index in [2.05, 4.69) is 5.32 Å². The molecule has 2 aromatic rings. The molecule has 1 aliphatic heterocycles. The first-order chi connectivity index (χ1) is 17.2. The summed E-state index contributed by atoms with van der Waals surface area (Å²) in [6, 6.07) is 11.0. The molecule has 0 radical (unpaired) electrons. The Labute approximate surface area is 221 Å². The first-order valence-electron chi connectivity index (χ1n) is 12.2. The van der Waals surface area contributed by atoms with E-state index < -0.39 is 6.04 Å². The van der Waals surface area contributed by atoms with Crippen molar-refractivity contribution >= 4 is 46.8 Å². The van der Waals surface area contributed by atoms with Gasteiger partial charge in [0.05, 0.1) is 11.1 Å². The molecule has 1 N–H and O–H groups in total. The molecule has 192 valence electrons. The fraction of sp³-hybridized carbons (Fsp3) is 0.407. The van der Waals surface area contributed by atoms with Gasteiger partial charge in [-0.3, -0.25) is 24.1 Å². The minimum Gasteiger partial charge on any atom is -0.352 e. The van der Waals surface area contributed by atoms with Crippen LogP contribution in [0.1, 0.15) is 72.7 Å². The van der Waals surface area contributed by atoms with Crippen molar-refractivity contribution in [2.24, 2.45) is 0 Å². The Hall–Kier alpha value is -2.90. The predicted molar refractivity (Wildman–Crippen MR) is 140 cm³/mol. The third kappa shape index (κ3) is 6.26. The molecule has 0 bridgehead atoms. The van der Waals surface area contributed by atoms with E-state index in [9.17, 15) is 19.2 Å². The number of rotatable bonds is 11. The number of carbonyl (C=O) groups excluding carboxylic acids is 4. The van der Waals surface area contributed by atoms with Crippen LogP contribution in [0.25, 0.3) is 0 Å². The van der Waals surface area contributed by atoms with Crippen LogP contribution in [0.2, 0.25) is 10.0 Å². The third-order valence-corrected chi connectivity index (χ3v) is 6.98. The van der Waals surface area contributed by atoms with Crippen molar-refractivity contribution in [1.29, 1.82) is 0 Å². The molecule has 0 spiro atoms. The lowest BCUT2D eigenvalue weighted by molar-refractivity contribution is -0.141. The lowest BCUT2D eigenvalue weighted by atomic mass is 10.1. The summed E-state index contributed by atoms with van der Waals surface area (Å²) in [6.07, 6.45) is 1.52. The smallest absolute Gasteiger partial charge is 0.261 e. The zero-order chi connectivity index (χ0) is 26.4. The average Bonchev–Trinajstić information content (AvgIpc) is 3.10. The third-order valence-electron chi connectivity index (χ3n) is 6.39. The van der Waals surface area contributed by atoms with Crippen LogP contribution >= 0.6 is 23.2 Å². The fourth-order valence-electron chi connectivity index (χ4n) is 4.17. The second kappa shape index (κ2) is 12.4. The summed E-state index contributed by atoms with van der Waals surface area (Å²) in [5, 5.41) is 3.85. The van der Waals surface area contributed by atoms with Gasteiger partial charge in [-0.1, -0.05) is 55.2 Å².